The van der Waals surface area contributed by atoms with E-state index >= 15 is 0 Å². The first-order valence-corrected chi connectivity index (χ1v) is 8.43. The smallest absolute Gasteiger partial charge is 0.283 e. The summed E-state index contributed by atoms with van der Waals surface area (Å²) in [5, 5.41) is 10.7. The average molecular weight is 352 g/mol. The minimum atomic E-state index is -0.465. The van der Waals surface area contributed by atoms with Crippen molar-refractivity contribution in [3.63, 3.8) is 0 Å². The topological polar surface area (TPSA) is 61.5 Å². The van der Waals surface area contributed by atoms with E-state index in [-0.39, 0.29) is 17.2 Å². The zero-order chi connectivity index (χ0) is 17.6. The minimum absolute atomic E-state index is 0.0787. The first-order chi connectivity index (χ1) is 12.1. The van der Waals surface area contributed by atoms with Crippen molar-refractivity contribution in [3.8, 4) is 5.69 Å². The third kappa shape index (κ3) is 2.53. The Morgan fingerprint density at radius 2 is 2.04 bits per heavy atom. The number of carbonyl (C=O) groups excluding carboxylic acids is 1. The number of thioether (sulfide) groups is 1. The van der Waals surface area contributed by atoms with Crippen molar-refractivity contribution < 1.29 is 9.18 Å². The zero-order valence-corrected chi connectivity index (χ0v) is 14.0. The molecule has 7 heteroatoms. The molecule has 1 aromatic heterocycles. The predicted molar refractivity (Wildman–Crippen MR) is 97.1 cm³/mol. The van der Waals surface area contributed by atoms with Crippen LogP contribution in [0.15, 0.2) is 64.3 Å². The van der Waals surface area contributed by atoms with Gasteiger partial charge in [-0.3, -0.25) is 15.1 Å². The Morgan fingerprint density at radius 3 is 2.84 bits per heavy atom. The number of para-hydroxylation sites is 1. The molecule has 0 bridgehead atoms. The second-order valence-electron chi connectivity index (χ2n) is 5.57. The van der Waals surface area contributed by atoms with Crippen molar-refractivity contribution >= 4 is 34.7 Å². The van der Waals surface area contributed by atoms with Crippen LogP contribution in [0.25, 0.3) is 11.8 Å². The highest BCUT2D eigenvalue weighted by atomic mass is 32.2. The molecule has 0 saturated carbocycles. The van der Waals surface area contributed by atoms with Crippen molar-refractivity contribution in [2.24, 2.45) is 4.99 Å². The van der Waals surface area contributed by atoms with Crippen LogP contribution in [0.4, 0.5) is 4.39 Å². The summed E-state index contributed by atoms with van der Waals surface area (Å²) in [4.78, 5) is 18.0. The Balaban J connectivity index is 1.79. The number of halogens is 1. The first kappa shape index (κ1) is 15.6. The summed E-state index contributed by atoms with van der Waals surface area (Å²) in [6, 6.07) is 9.94. The number of rotatable bonds is 2. The van der Waals surface area contributed by atoms with Crippen LogP contribution in [0, 0.1) is 11.2 Å². The summed E-state index contributed by atoms with van der Waals surface area (Å²) in [7, 11) is 0. The number of hydrogen-bond acceptors (Lipinski definition) is 3. The molecule has 0 fully saturated rings. The molecular weight excluding hydrogens is 339 g/mol. The molecule has 4 rings (SSSR count). The van der Waals surface area contributed by atoms with Crippen LogP contribution in [0.5, 0.6) is 0 Å². The molecule has 0 unspecified atom stereocenters. The van der Waals surface area contributed by atoms with Crippen LogP contribution < -0.4 is 0 Å². The third-order valence-corrected chi connectivity index (χ3v) is 4.91. The standard InChI is InChI=1S/C18H13FN4OS/c1-11-10-25-18-21-17(24)13(16(20)23(11)18)9-12-5-4-8-22(12)15-7-3-2-6-14(15)19/h2-10,20H,1H3/b13-9-,20-16?. The molecule has 0 radical (unpaired) electrons. The van der Waals surface area contributed by atoms with Crippen LogP contribution in [0.1, 0.15) is 12.6 Å². The maximum absolute atomic E-state index is 14.1. The van der Waals surface area contributed by atoms with E-state index in [9.17, 15) is 9.18 Å². The number of carbonyl (C=O) groups is 1. The van der Waals surface area contributed by atoms with Gasteiger partial charge >= 0.3 is 0 Å². The molecule has 0 atom stereocenters. The van der Waals surface area contributed by atoms with Gasteiger partial charge in [0.15, 0.2) is 5.17 Å². The maximum Gasteiger partial charge on any atom is 0.283 e. The monoisotopic (exact) mass is 352 g/mol. The lowest BCUT2D eigenvalue weighted by Crippen LogP contribution is -2.37. The maximum atomic E-state index is 14.1. The van der Waals surface area contributed by atoms with Gasteiger partial charge in [0.05, 0.1) is 11.3 Å². The van der Waals surface area contributed by atoms with Crippen molar-refractivity contribution in [3.05, 3.63) is 70.8 Å². The van der Waals surface area contributed by atoms with E-state index in [0.717, 1.165) is 5.70 Å². The fourth-order valence-corrected chi connectivity index (χ4v) is 3.63. The Kier molecular flexibility index (Phi) is 3.65. The normalized spacial score (nSPS) is 18.5. The number of hydrogen-bond donors (Lipinski definition) is 1. The Bertz CT molecular complexity index is 1000. The van der Waals surface area contributed by atoms with Gasteiger partial charge in [-0.25, -0.2) is 4.39 Å². The fraction of sp³-hybridized carbons (Fsp3) is 0.0556. The molecule has 2 aliphatic heterocycles. The largest absolute Gasteiger partial charge is 0.314 e. The highest BCUT2D eigenvalue weighted by Crippen LogP contribution is 2.32. The summed E-state index contributed by atoms with van der Waals surface area (Å²) in [5.41, 5.74) is 2.00. The molecule has 25 heavy (non-hydrogen) atoms. The van der Waals surface area contributed by atoms with Gasteiger partial charge in [-0.05, 0) is 42.7 Å². The van der Waals surface area contributed by atoms with Crippen molar-refractivity contribution in [2.75, 3.05) is 0 Å². The van der Waals surface area contributed by atoms with Crippen molar-refractivity contribution in [1.82, 2.24) is 9.47 Å². The van der Waals surface area contributed by atoms with E-state index in [1.165, 1.54) is 17.8 Å². The molecular formula is C18H13FN4OS. The molecule has 1 amide bonds. The van der Waals surface area contributed by atoms with Gasteiger partial charge in [0.1, 0.15) is 11.7 Å². The Morgan fingerprint density at radius 1 is 1.24 bits per heavy atom. The second-order valence-corrected chi connectivity index (χ2v) is 6.41. The molecule has 1 N–H and O–H groups in total. The average Bonchev–Trinajstić information content (AvgIpc) is 3.19. The van der Waals surface area contributed by atoms with Crippen LogP contribution >= 0.6 is 11.8 Å². The van der Waals surface area contributed by atoms with E-state index in [4.69, 9.17) is 5.41 Å². The summed E-state index contributed by atoms with van der Waals surface area (Å²) in [6.45, 7) is 1.86. The molecule has 0 spiro atoms. The van der Waals surface area contributed by atoms with Gasteiger partial charge in [-0.1, -0.05) is 23.9 Å². The Labute approximate surface area is 147 Å². The molecule has 2 aliphatic rings. The lowest BCUT2D eigenvalue weighted by molar-refractivity contribution is -0.114. The quantitative estimate of drug-likeness (QED) is 0.837. The molecule has 0 aliphatic carbocycles. The van der Waals surface area contributed by atoms with E-state index in [1.807, 2.05) is 12.3 Å². The van der Waals surface area contributed by atoms with Crippen LogP contribution in [0.3, 0.4) is 0 Å². The number of aliphatic imine (C=N–C) groups is 1. The van der Waals surface area contributed by atoms with Crippen LogP contribution in [0.2, 0.25) is 0 Å². The van der Waals surface area contributed by atoms with Gasteiger partial charge in [-0.15, -0.1) is 0 Å². The summed E-state index contributed by atoms with van der Waals surface area (Å²) in [5.74, 6) is -0.749. The summed E-state index contributed by atoms with van der Waals surface area (Å²) in [6.07, 6.45) is 3.29. The lowest BCUT2D eigenvalue weighted by atomic mass is 10.1. The number of aromatic nitrogens is 1. The van der Waals surface area contributed by atoms with Crippen LogP contribution in [-0.2, 0) is 4.79 Å². The zero-order valence-electron chi connectivity index (χ0n) is 13.2. The van der Waals surface area contributed by atoms with Gasteiger partial charge in [0.2, 0.25) is 0 Å². The molecule has 124 valence electrons. The van der Waals surface area contributed by atoms with E-state index in [0.29, 0.717) is 16.5 Å². The highest BCUT2D eigenvalue weighted by Gasteiger charge is 2.34. The van der Waals surface area contributed by atoms with E-state index in [2.05, 4.69) is 4.99 Å². The number of amides is 1. The summed E-state index contributed by atoms with van der Waals surface area (Å²) >= 11 is 1.32. The number of fused-ring (bicyclic) bond motifs is 1. The molecule has 2 aromatic rings. The van der Waals surface area contributed by atoms with Gasteiger partial charge in [0.25, 0.3) is 5.91 Å². The van der Waals surface area contributed by atoms with Crippen LogP contribution in [-0.4, -0.2) is 26.4 Å². The third-order valence-electron chi connectivity index (χ3n) is 3.97. The lowest BCUT2D eigenvalue weighted by Gasteiger charge is -2.25. The molecule has 5 nitrogen and oxygen atoms in total. The highest BCUT2D eigenvalue weighted by molar-refractivity contribution is 8.16. The second kappa shape index (κ2) is 5.86. The van der Waals surface area contributed by atoms with Gasteiger partial charge in [-0.2, -0.15) is 4.99 Å². The van der Waals surface area contributed by atoms with E-state index in [1.54, 1.807) is 52.1 Å². The first-order valence-electron chi connectivity index (χ1n) is 7.56. The number of benzene rings is 1. The van der Waals surface area contributed by atoms with Crippen molar-refractivity contribution in [2.45, 2.75) is 6.92 Å². The van der Waals surface area contributed by atoms with Gasteiger partial charge in [0, 0.05) is 17.6 Å². The number of amidine groups is 2. The SMILES string of the molecule is CC1=CSC2=NC(=O)/C(=C\c3cccn3-c3ccccc3F)C(=N)N12. The molecule has 1 aromatic carbocycles. The van der Waals surface area contributed by atoms with Gasteiger partial charge < -0.3 is 4.57 Å². The number of nitrogens with one attached hydrogen (secondary N) is 1. The molecule has 3 heterocycles. The number of nitrogens with zero attached hydrogens (tertiary/aromatic N) is 3. The minimum Gasteiger partial charge on any atom is -0.314 e. The van der Waals surface area contributed by atoms with E-state index < -0.39 is 5.91 Å². The molecule has 0 saturated heterocycles. The summed E-state index contributed by atoms with van der Waals surface area (Å²) < 4.78 is 15.7. The predicted octanol–water partition coefficient (Wildman–Crippen LogP) is 3.78. The fourth-order valence-electron chi connectivity index (χ4n) is 2.77. The number of allylic oxidation sites excluding steroid dienone is 1. The Hall–Kier alpha value is -2.93. The van der Waals surface area contributed by atoms with Crippen molar-refractivity contribution in [1.29, 1.82) is 5.41 Å².